The molecule has 2 aliphatic heterocycles. The molecule has 0 saturated heterocycles. The van der Waals surface area contributed by atoms with Crippen LogP contribution in [0, 0.1) is 36.5 Å². The van der Waals surface area contributed by atoms with E-state index in [2.05, 4.69) is 230 Å². The molecule has 5 aromatic rings. The molecule has 0 N–H and O–H groups in total. The van der Waals surface area contributed by atoms with Gasteiger partial charge >= 0.3 is 0 Å². The number of fused-ring (bicyclic) bond motifs is 9. The maximum Gasteiger partial charge on any atom is 0.264 e. The molecule has 4 aromatic carbocycles. The van der Waals surface area contributed by atoms with Crippen LogP contribution >= 0.6 is 11.3 Å². The Hall–Kier alpha value is -4.54. The van der Waals surface area contributed by atoms with E-state index >= 15 is 0 Å². The number of benzene rings is 4. The Morgan fingerprint density at radius 3 is 1.81 bits per heavy atom. The van der Waals surface area contributed by atoms with Gasteiger partial charge in [0, 0.05) is 55.1 Å². The summed E-state index contributed by atoms with van der Waals surface area (Å²) in [5.41, 5.74) is 23.8. The van der Waals surface area contributed by atoms with Crippen LogP contribution < -0.4 is 20.0 Å². The molecule has 0 bridgehead atoms. The Kier molecular flexibility index (Phi) is 10.4. The van der Waals surface area contributed by atoms with Crippen LogP contribution in [0.4, 0.5) is 28.4 Å². The highest BCUT2D eigenvalue weighted by Crippen LogP contribution is 2.63. The Morgan fingerprint density at radius 2 is 1.19 bits per heavy atom. The van der Waals surface area contributed by atoms with Gasteiger partial charge in [0.1, 0.15) is 0 Å². The Bertz CT molecular complexity index is 3270. The number of hydrogen-bond acceptors (Lipinski definition) is 3. The number of rotatable bonds is 3. The zero-order valence-corrected chi connectivity index (χ0v) is 48.0. The van der Waals surface area contributed by atoms with Crippen LogP contribution in [0.2, 0.25) is 0 Å². The average molecular weight is 971 g/mol. The van der Waals surface area contributed by atoms with E-state index in [0.717, 1.165) is 6.42 Å². The third-order valence-electron chi connectivity index (χ3n) is 20.3. The Labute approximate surface area is 439 Å². The quantitative estimate of drug-likeness (QED) is 0.166. The number of thiophene rings is 1. The van der Waals surface area contributed by atoms with Crippen LogP contribution in [0.3, 0.4) is 0 Å². The van der Waals surface area contributed by atoms with Gasteiger partial charge in [-0.25, -0.2) is 0 Å². The van der Waals surface area contributed by atoms with Crippen LogP contribution in [0.15, 0.2) is 102 Å². The largest absolute Gasteiger partial charge is 0.315 e. The summed E-state index contributed by atoms with van der Waals surface area (Å²) in [4.78, 5) is 5.71. The Morgan fingerprint density at radius 1 is 0.597 bits per heavy atom. The van der Waals surface area contributed by atoms with E-state index in [4.69, 9.17) is 0 Å². The van der Waals surface area contributed by atoms with E-state index in [1.54, 1.807) is 28.0 Å². The molecule has 3 atom stereocenters. The topological polar surface area (TPSA) is 6.48 Å². The fourth-order valence-corrected chi connectivity index (χ4v) is 16.6. The van der Waals surface area contributed by atoms with Gasteiger partial charge in [-0.15, -0.1) is 11.3 Å². The molecule has 1 aromatic heterocycles. The van der Waals surface area contributed by atoms with Crippen molar-refractivity contribution in [1.29, 1.82) is 0 Å². The first kappa shape index (κ1) is 48.4. The van der Waals surface area contributed by atoms with Crippen molar-refractivity contribution in [2.75, 3.05) is 9.80 Å². The van der Waals surface area contributed by atoms with E-state index < -0.39 is 0 Å². The highest BCUT2D eigenvalue weighted by Gasteiger charge is 2.56. The lowest BCUT2D eigenvalue weighted by Gasteiger charge is -2.57. The third kappa shape index (κ3) is 7.05. The maximum atomic E-state index is 2.94. The van der Waals surface area contributed by atoms with Crippen LogP contribution in [-0.4, -0.2) is 6.71 Å². The summed E-state index contributed by atoms with van der Waals surface area (Å²) < 4.78 is 2.95. The number of allylic oxidation sites excluding steroid dienone is 8. The molecule has 3 unspecified atom stereocenters. The first-order valence-corrected chi connectivity index (χ1v) is 28.8. The minimum atomic E-state index is 0.0478. The van der Waals surface area contributed by atoms with Crippen molar-refractivity contribution in [2.45, 2.75) is 196 Å². The zero-order valence-electron chi connectivity index (χ0n) is 47.2. The molecule has 1 fully saturated rings. The smallest absolute Gasteiger partial charge is 0.264 e. The molecule has 0 spiro atoms. The number of nitrogens with zero attached hydrogens (tertiary/aromatic N) is 2. The van der Waals surface area contributed by atoms with Gasteiger partial charge < -0.3 is 9.80 Å². The van der Waals surface area contributed by atoms with Crippen LogP contribution in [0.1, 0.15) is 199 Å². The van der Waals surface area contributed by atoms with E-state index in [1.807, 2.05) is 0 Å². The predicted octanol–water partition coefficient (Wildman–Crippen LogP) is 18.1. The van der Waals surface area contributed by atoms with Crippen molar-refractivity contribution in [2.24, 2.45) is 22.7 Å². The van der Waals surface area contributed by atoms with Crippen LogP contribution in [-0.2, 0) is 27.1 Å². The number of hydrogen-bond donors (Lipinski definition) is 0. The van der Waals surface area contributed by atoms with Gasteiger partial charge in [0.25, 0.3) is 6.71 Å². The van der Waals surface area contributed by atoms with Crippen molar-refractivity contribution in [3.63, 3.8) is 0 Å². The lowest BCUT2D eigenvalue weighted by molar-refractivity contribution is 0.0254. The minimum absolute atomic E-state index is 0.0478. The third-order valence-corrected chi connectivity index (χ3v) is 21.5. The summed E-state index contributed by atoms with van der Waals surface area (Å²) in [7, 11) is 0. The van der Waals surface area contributed by atoms with Crippen molar-refractivity contribution >= 4 is 66.8 Å². The predicted molar refractivity (Wildman–Crippen MR) is 314 cm³/mol. The molecule has 5 aliphatic carbocycles. The summed E-state index contributed by atoms with van der Waals surface area (Å²) in [5.74, 6) is 1.05. The lowest BCUT2D eigenvalue weighted by atomic mass is 9.33. The fraction of sp³-hybridized carbons (Fsp3) is 0.500. The molecule has 4 heteroatoms. The second-order valence-corrected chi connectivity index (χ2v) is 30.2. The van der Waals surface area contributed by atoms with Crippen molar-refractivity contribution in [3.05, 3.63) is 147 Å². The van der Waals surface area contributed by atoms with Crippen LogP contribution in [0.5, 0.6) is 0 Å². The monoisotopic (exact) mass is 971 g/mol. The highest BCUT2D eigenvalue weighted by atomic mass is 32.1. The van der Waals surface area contributed by atoms with Gasteiger partial charge in [-0.3, -0.25) is 0 Å². The molecular formula is C68H83BN2S. The van der Waals surface area contributed by atoms with Crippen molar-refractivity contribution < 1.29 is 0 Å². The van der Waals surface area contributed by atoms with Crippen molar-refractivity contribution in [3.8, 4) is 0 Å². The van der Waals surface area contributed by atoms with Crippen molar-refractivity contribution in [1.82, 2.24) is 0 Å². The normalized spacial score (nSPS) is 25.4. The summed E-state index contributed by atoms with van der Waals surface area (Å²) in [6.45, 7) is 42.4. The molecule has 72 heavy (non-hydrogen) atoms. The average Bonchev–Trinajstić information content (AvgIpc) is 3.68. The van der Waals surface area contributed by atoms with Gasteiger partial charge in [-0.2, -0.15) is 0 Å². The molecule has 7 aliphatic rings. The number of aryl methyl sites for hydroxylation is 2. The Balaban J connectivity index is 1.24. The molecule has 3 heterocycles. The van der Waals surface area contributed by atoms with E-state index in [1.165, 1.54) is 115 Å². The zero-order chi connectivity index (χ0) is 51.2. The maximum absolute atomic E-state index is 2.94. The second-order valence-electron chi connectivity index (χ2n) is 29.1. The fourth-order valence-electron chi connectivity index (χ4n) is 15.3. The number of anilines is 5. The molecule has 1 saturated carbocycles. The SMILES string of the molecule is Cc1cc2c3c(c1)N(c1ccc(C(C)(C)C)cc1C)c1c(sc4cc5c(cc14)C(C)(C)CCC5(C)C)B3C1=C(C3C(C=C1)C(C)(C)CCC3(C)C)N2c1cc2c(cc1C1C=CC=CC1)C(C)(C)CCC2(C)C. The molecular weight excluding hydrogens is 888 g/mol. The summed E-state index contributed by atoms with van der Waals surface area (Å²) in [6.07, 6.45) is 23.2. The summed E-state index contributed by atoms with van der Waals surface area (Å²) >= 11 is 2.11. The van der Waals surface area contributed by atoms with Gasteiger partial charge in [0.2, 0.25) is 0 Å². The summed E-state index contributed by atoms with van der Waals surface area (Å²) in [5, 5.41) is 1.42. The van der Waals surface area contributed by atoms with Gasteiger partial charge in [0.15, 0.2) is 0 Å². The molecule has 12 rings (SSSR count). The van der Waals surface area contributed by atoms with E-state index in [9.17, 15) is 0 Å². The van der Waals surface area contributed by atoms with Gasteiger partial charge in [-0.05, 0) is 194 Å². The molecule has 374 valence electrons. The summed E-state index contributed by atoms with van der Waals surface area (Å²) in [6, 6.07) is 23.4. The second kappa shape index (κ2) is 15.5. The molecule has 0 radical (unpaired) electrons. The first-order valence-electron chi connectivity index (χ1n) is 28.0. The first-order chi connectivity index (χ1) is 33.6. The molecule has 2 nitrogen and oxygen atoms in total. The van der Waals surface area contributed by atoms with Crippen LogP contribution in [0.25, 0.3) is 10.1 Å². The highest BCUT2D eigenvalue weighted by molar-refractivity contribution is 7.33. The van der Waals surface area contributed by atoms with E-state index in [0.29, 0.717) is 17.8 Å². The van der Waals surface area contributed by atoms with E-state index in [-0.39, 0.29) is 44.6 Å². The minimum Gasteiger partial charge on any atom is -0.315 e. The van der Waals surface area contributed by atoms with Gasteiger partial charge in [0.05, 0.1) is 5.69 Å². The molecule has 0 amide bonds. The lowest BCUT2D eigenvalue weighted by Crippen LogP contribution is -2.58. The standard InChI is InChI=1S/C68H83BN2S/c1-40-33-54-58-55(34-40)71(53-38-49-47(64(8,9)27-29-66(49,12)13)36-44(53)42-21-19-18-20-22-42)60-51(25-24-46-57(60)68(16,17)32-31-63(46,6)7)69(58)61-59(70(54)52-26-23-43(35-41(52)2)62(3,4)5)45-37-48-50(39-56(45)72-61)67(14,15)30-28-65(48,10)11/h18-21,23-26,33-39,42,46,57H,22,27-32H2,1-17H3. The van der Waals surface area contributed by atoms with Gasteiger partial charge in [-0.1, -0.05) is 159 Å².